The molecule has 2 rings (SSSR count). The number of ether oxygens (including phenoxy) is 1. The summed E-state index contributed by atoms with van der Waals surface area (Å²) < 4.78 is 5.72. The molecule has 0 amide bonds. The second-order valence-electron chi connectivity index (χ2n) is 4.71. The smallest absolute Gasteiger partial charge is 0.123 e. The summed E-state index contributed by atoms with van der Waals surface area (Å²) in [6, 6.07) is 5.53. The second-order valence-corrected chi connectivity index (χ2v) is 4.71. The third-order valence-corrected chi connectivity index (χ3v) is 3.11. The zero-order valence-electron chi connectivity index (χ0n) is 10.2. The number of hydrogen-bond donors (Lipinski definition) is 2. The van der Waals surface area contributed by atoms with Gasteiger partial charge in [0.2, 0.25) is 0 Å². The van der Waals surface area contributed by atoms with Crippen molar-refractivity contribution in [1.82, 2.24) is 0 Å². The Kier molecular flexibility index (Phi) is 3.22. The van der Waals surface area contributed by atoms with Gasteiger partial charge in [-0.25, -0.2) is 0 Å². The number of rotatable bonds is 3. The van der Waals surface area contributed by atoms with Crippen molar-refractivity contribution in [2.45, 2.75) is 38.6 Å². The molecule has 0 bridgehead atoms. The number of aliphatic hydroxyl groups excluding tert-OH is 2. The maximum Gasteiger partial charge on any atom is 0.123 e. The molecule has 0 fully saturated rings. The van der Waals surface area contributed by atoms with E-state index >= 15 is 0 Å². The third-order valence-electron chi connectivity index (χ3n) is 3.11. The van der Waals surface area contributed by atoms with Crippen molar-refractivity contribution in [2.75, 3.05) is 0 Å². The van der Waals surface area contributed by atoms with Gasteiger partial charge in [-0.2, -0.15) is 0 Å². The van der Waals surface area contributed by atoms with E-state index in [1.54, 1.807) is 13.0 Å². The first-order valence-corrected chi connectivity index (χ1v) is 5.80. The summed E-state index contributed by atoms with van der Waals surface area (Å²) in [6.07, 6.45) is -0.800. The third kappa shape index (κ3) is 2.35. The molecule has 1 aliphatic heterocycles. The van der Waals surface area contributed by atoms with Crippen LogP contribution < -0.4 is 4.74 Å². The monoisotopic (exact) mass is 234 g/mol. The van der Waals surface area contributed by atoms with Crippen LogP contribution in [-0.4, -0.2) is 22.4 Å². The summed E-state index contributed by atoms with van der Waals surface area (Å²) >= 11 is 0. The number of fused-ring (bicyclic) bond motifs is 1. The maximum atomic E-state index is 9.80. The average molecular weight is 234 g/mol. The van der Waals surface area contributed by atoms with Gasteiger partial charge in [-0.05, 0) is 42.7 Å². The molecule has 2 N–H and O–H groups in total. The first kappa shape index (κ1) is 12.1. The van der Waals surface area contributed by atoms with Crippen molar-refractivity contribution in [3.63, 3.8) is 0 Å². The lowest BCUT2D eigenvalue weighted by molar-refractivity contribution is 0.0305. The first-order valence-electron chi connectivity index (χ1n) is 5.80. The van der Waals surface area contributed by atoms with E-state index in [1.807, 2.05) is 19.1 Å². The highest BCUT2D eigenvalue weighted by Crippen LogP contribution is 2.33. The van der Waals surface area contributed by atoms with Crippen LogP contribution >= 0.6 is 0 Å². The van der Waals surface area contributed by atoms with Crippen molar-refractivity contribution in [3.05, 3.63) is 41.5 Å². The Balaban J connectivity index is 2.24. The molecule has 3 nitrogen and oxygen atoms in total. The van der Waals surface area contributed by atoms with Crippen molar-refractivity contribution >= 4 is 0 Å². The Morgan fingerprint density at radius 3 is 2.76 bits per heavy atom. The SMILES string of the molecule is C=C(C)[C@@H]1Cc2cc([C@@H](O)[C@H](C)O)ccc2O1. The Labute approximate surface area is 101 Å². The molecule has 3 atom stereocenters. The summed E-state index contributed by atoms with van der Waals surface area (Å²) in [5, 5.41) is 19.2. The zero-order valence-corrected chi connectivity index (χ0v) is 10.2. The van der Waals surface area contributed by atoms with Crippen molar-refractivity contribution in [1.29, 1.82) is 0 Å². The summed E-state index contributed by atoms with van der Waals surface area (Å²) in [6.45, 7) is 7.41. The highest BCUT2D eigenvalue weighted by molar-refractivity contribution is 5.43. The maximum absolute atomic E-state index is 9.80. The Morgan fingerprint density at radius 1 is 1.47 bits per heavy atom. The van der Waals surface area contributed by atoms with E-state index in [4.69, 9.17) is 4.74 Å². The van der Waals surface area contributed by atoms with Crippen LogP contribution in [0.1, 0.15) is 31.1 Å². The van der Waals surface area contributed by atoms with Crippen molar-refractivity contribution in [2.24, 2.45) is 0 Å². The lowest BCUT2D eigenvalue weighted by Gasteiger charge is -2.14. The van der Waals surface area contributed by atoms with Gasteiger partial charge in [-0.3, -0.25) is 0 Å². The van der Waals surface area contributed by atoms with Gasteiger partial charge in [0, 0.05) is 6.42 Å². The van der Waals surface area contributed by atoms with E-state index in [9.17, 15) is 10.2 Å². The topological polar surface area (TPSA) is 49.7 Å². The summed E-state index contributed by atoms with van der Waals surface area (Å²) in [7, 11) is 0. The van der Waals surface area contributed by atoms with Crippen LogP contribution in [0.2, 0.25) is 0 Å². The largest absolute Gasteiger partial charge is 0.485 e. The van der Waals surface area contributed by atoms with Gasteiger partial charge < -0.3 is 14.9 Å². The molecule has 0 radical (unpaired) electrons. The van der Waals surface area contributed by atoms with E-state index in [2.05, 4.69) is 6.58 Å². The number of aliphatic hydroxyl groups is 2. The minimum Gasteiger partial charge on any atom is -0.485 e. The first-order chi connectivity index (χ1) is 7.99. The highest BCUT2D eigenvalue weighted by Gasteiger charge is 2.25. The van der Waals surface area contributed by atoms with Crippen LogP contribution in [0.25, 0.3) is 0 Å². The molecule has 1 aromatic carbocycles. The molecule has 17 heavy (non-hydrogen) atoms. The summed E-state index contributed by atoms with van der Waals surface area (Å²) in [5.41, 5.74) is 2.79. The van der Waals surface area contributed by atoms with Crippen LogP contribution in [0, 0.1) is 0 Å². The van der Waals surface area contributed by atoms with Crippen LogP contribution in [0.5, 0.6) is 5.75 Å². The molecule has 0 unspecified atom stereocenters. The fourth-order valence-corrected chi connectivity index (χ4v) is 2.01. The molecule has 0 saturated carbocycles. The Morgan fingerprint density at radius 2 is 2.18 bits per heavy atom. The molecule has 92 valence electrons. The van der Waals surface area contributed by atoms with E-state index in [-0.39, 0.29) is 6.10 Å². The predicted molar refractivity (Wildman–Crippen MR) is 66.0 cm³/mol. The number of hydrogen-bond acceptors (Lipinski definition) is 3. The van der Waals surface area contributed by atoms with Gasteiger partial charge in [0.15, 0.2) is 0 Å². The Bertz CT molecular complexity index is 437. The van der Waals surface area contributed by atoms with Crippen molar-refractivity contribution < 1.29 is 14.9 Å². The molecule has 1 heterocycles. The quantitative estimate of drug-likeness (QED) is 0.786. The predicted octanol–water partition coefficient (Wildman–Crippen LogP) is 1.98. The van der Waals surface area contributed by atoms with E-state index < -0.39 is 12.2 Å². The minimum absolute atomic E-state index is 0.0314. The Hall–Kier alpha value is -1.32. The molecular weight excluding hydrogens is 216 g/mol. The van der Waals surface area contributed by atoms with Crippen LogP contribution in [0.4, 0.5) is 0 Å². The fraction of sp³-hybridized carbons (Fsp3) is 0.429. The molecule has 1 aromatic rings. The number of benzene rings is 1. The van der Waals surface area contributed by atoms with Gasteiger partial charge in [0.05, 0.1) is 6.10 Å². The van der Waals surface area contributed by atoms with Gasteiger partial charge in [0.1, 0.15) is 18.0 Å². The normalized spacial score (nSPS) is 21.5. The van der Waals surface area contributed by atoms with Gasteiger partial charge in [-0.15, -0.1) is 0 Å². The van der Waals surface area contributed by atoms with E-state index in [1.165, 1.54) is 0 Å². The molecule has 3 heteroatoms. The zero-order chi connectivity index (χ0) is 12.6. The van der Waals surface area contributed by atoms with Gasteiger partial charge in [-0.1, -0.05) is 12.6 Å². The summed E-state index contributed by atoms with van der Waals surface area (Å²) in [4.78, 5) is 0. The minimum atomic E-state index is -0.843. The lowest BCUT2D eigenvalue weighted by Crippen LogP contribution is -2.14. The standard InChI is InChI=1S/C14H18O3/c1-8(2)13-7-11-6-10(14(16)9(3)15)4-5-12(11)17-13/h4-6,9,13-16H,1,7H2,2-3H3/t9-,13-,14-/m0/s1. The fourth-order valence-electron chi connectivity index (χ4n) is 2.01. The van der Waals surface area contributed by atoms with Crippen LogP contribution in [-0.2, 0) is 6.42 Å². The van der Waals surface area contributed by atoms with E-state index in [0.717, 1.165) is 28.9 Å². The average Bonchev–Trinajstić information content (AvgIpc) is 2.70. The molecule has 0 aliphatic carbocycles. The molecule has 0 aromatic heterocycles. The molecule has 1 aliphatic rings. The summed E-state index contributed by atoms with van der Waals surface area (Å²) in [5.74, 6) is 0.847. The molecular formula is C14H18O3. The molecule has 0 saturated heterocycles. The van der Waals surface area contributed by atoms with Gasteiger partial charge in [0.25, 0.3) is 0 Å². The lowest BCUT2D eigenvalue weighted by atomic mass is 9.99. The van der Waals surface area contributed by atoms with Crippen molar-refractivity contribution in [3.8, 4) is 5.75 Å². The highest BCUT2D eigenvalue weighted by atomic mass is 16.5. The van der Waals surface area contributed by atoms with Crippen LogP contribution in [0.15, 0.2) is 30.4 Å². The van der Waals surface area contributed by atoms with E-state index in [0.29, 0.717) is 0 Å². The van der Waals surface area contributed by atoms with Gasteiger partial charge >= 0.3 is 0 Å². The molecule has 0 spiro atoms. The second kappa shape index (κ2) is 4.51. The van der Waals surface area contributed by atoms with Crippen LogP contribution in [0.3, 0.4) is 0 Å².